The summed E-state index contributed by atoms with van der Waals surface area (Å²) in [6, 6.07) is 8.07. The van der Waals surface area contributed by atoms with Gasteiger partial charge in [-0.15, -0.1) is 0 Å². The molecule has 0 amide bonds. The van der Waals surface area contributed by atoms with Crippen LogP contribution < -0.4 is 4.62 Å². The van der Waals surface area contributed by atoms with Crippen LogP contribution in [0, 0.1) is 0 Å². The molecule has 0 aliphatic carbocycles. The van der Waals surface area contributed by atoms with E-state index in [1.807, 2.05) is 18.2 Å². The minimum atomic E-state index is -1.21. The van der Waals surface area contributed by atoms with Crippen molar-refractivity contribution in [2.45, 2.75) is 34.3 Å². The van der Waals surface area contributed by atoms with E-state index in [-0.39, 0.29) is 0 Å². The Hall–Kier alpha value is 0.525. The van der Waals surface area contributed by atoms with E-state index in [0.717, 1.165) is 11.0 Å². The molecule has 0 N–H and O–H groups in total. The van der Waals surface area contributed by atoms with Gasteiger partial charge in [-0.3, -0.25) is 0 Å². The van der Waals surface area contributed by atoms with Crippen LogP contribution in [0.25, 0.3) is 11.0 Å². The first kappa shape index (κ1) is 16.9. The Morgan fingerprint density at radius 1 is 0.950 bits per heavy atom. The number of fused-ring (bicyclic) bond motifs is 1. The fourth-order valence-corrected chi connectivity index (χ4v) is 93.0. The molecule has 20 heavy (non-hydrogen) atoms. The first-order valence-electron chi connectivity index (χ1n) is 6.32. The Kier molecular flexibility index (Phi) is 5.69. The molecule has 110 valence electrons. The number of aromatic nitrogens is 3. The molecule has 2 aromatic rings. The van der Waals surface area contributed by atoms with Gasteiger partial charge < -0.3 is 0 Å². The van der Waals surface area contributed by atoms with E-state index in [1.54, 1.807) is 4.85 Å². The van der Waals surface area contributed by atoms with Crippen LogP contribution >= 0.6 is 3.17 Å². The molecular formula is C12H22As3N3OP+. The Bertz CT molecular complexity index is 566. The van der Waals surface area contributed by atoms with E-state index < -0.39 is 45.8 Å². The zero-order valence-electron chi connectivity index (χ0n) is 12.8. The van der Waals surface area contributed by atoms with Gasteiger partial charge in [0, 0.05) is 0 Å². The summed E-state index contributed by atoms with van der Waals surface area (Å²) >= 11 is -2.71. The van der Waals surface area contributed by atoms with Crippen LogP contribution in [0.3, 0.4) is 0 Å². The average molecular weight is 480 g/mol. The van der Waals surface area contributed by atoms with E-state index in [4.69, 9.17) is 4.62 Å². The molecule has 8 heteroatoms. The first-order valence-corrected chi connectivity index (χ1v) is 26.7. The Labute approximate surface area is 134 Å². The molecule has 2 rings (SSSR count). The monoisotopic (exact) mass is 480 g/mol. The fraction of sp³-hybridized carbons (Fsp3) is 0.500. The van der Waals surface area contributed by atoms with Gasteiger partial charge in [0.05, 0.1) is 0 Å². The zero-order chi connectivity index (χ0) is 14.9. The average Bonchev–Trinajstić information content (AvgIpc) is 2.77. The summed E-state index contributed by atoms with van der Waals surface area (Å²) in [5.74, 6) is 0. The summed E-state index contributed by atoms with van der Waals surface area (Å²) < 4.78 is 5.48. The summed E-state index contributed by atoms with van der Waals surface area (Å²) in [6.45, 7) is 0. The van der Waals surface area contributed by atoms with Gasteiger partial charge in [0.15, 0.2) is 0 Å². The van der Waals surface area contributed by atoms with Crippen LogP contribution in [0.2, 0.25) is 34.3 Å². The molecule has 0 atom stereocenters. The molecular weight excluding hydrogens is 458 g/mol. The minimum absolute atomic E-state index is 0.905. The van der Waals surface area contributed by atoms with Crippen LogP contribution in [0.15, 0.2) is 24.3 Å². The van der Waals surface area contributed by atoms with Crippen molar-refractivity contribution in [3.8, 4) is 0 Å². The van der Waals surface area contributed by atoms with Gasteiger partial charge in [0.25, 0.3) is 0 Å². The first-order chi connectivity index (χ1) is 9.39. The molecule has 4 nitrogen and oxygen atoms in total. The second kappa shape index (κ2) is 6.74. The molecule has 1 heterocycles. The zero-order valence-corrected chi connectivity index (χ0v) is 19.4. The summed E-state index contributed by atoms with van der Waals surface area (Å²) in [5.41, 5.74) is 16.8. The molecule has 0 unspecified atom stereocenters. The Morgan fingerprint density at radius 2 is 1.50 bits per heavy atom. The van der Waals surface area contributed by atoms with Gasteiger partial charge in [0.2, 0.25) is 0 Å². The summed E-state index contributed by atoms with van der Waals surface area (Å²) in [6.07, 6.45) is 0. The summed E-state index contributed by atoms with van der Waals surface area (Å²) in [7, 11) is 0. The second-order valence-corrected chi connectivity index (χ2v) is 53.4. The standard InChI is InChI=1S/C12H22As3N3OP/c1-13(2)20(14(3)4,15(5)6)19-18-12-10-8-7-9-11(12)16-17-18/h7-10H,1-6H3/q+1. The van der Waals surface area contributed by atoms with E-state index in [0.29, 0.717) is 0 Å². The predicted octanol–water partition coefficient (Wildman–Crippen LogP) is 3.55. The van der Waals surface area contributed by atoms with E-state index in [1.165, 1.54) is 0 Å². The van der Waals surface area contributed by atoms with E-state index in [9.17, 15) is 0 Å². The number of rotatable bonds is 5. The van der Waals surface area contributed by atoms with Crippen LogP contribution in [-0.4, -0.2) is 57.7 Å². The second-order valence-electron chi connectivity index (χ2n) is 5.09. The third kappa shape index (κ3) is 3.00. The molecule has 0 spiro atoms. The third-order valence-electron chi connectivity index (χ3n) is 3.07. The van der Waals surface area contributed by atoms with Crippen molar-refractivity contribution < 1.29 is 4.62 Å². The van der Waals surface area contributed by atoms with Crippen molar-refractivity contribution in [3.05, 3.63) is 24.3 Å². The fourth-order valence-electron chi connectivity index (χ4n) is 2.30. The summed E-state index contributed by atoms with van der Waals surface area (Å²) in [4.78, 5) is 1.75. The Balaban J connectivity index is 2.47. The number of para-hydroxylation sites is 1. The molecule has 0 saturated carbocycles. The van der Waals surface area contributed by atoms with E-state index in [2.05, 4.69) is 50.6 Å². The maximum absolute atomic E-state index is 6.69. The maximum atomic E-state index is 6.69. The van der Waals surface area contributed by atoms with Crippen LogP contribution in [-0.2, 0) is 0 Å². The number of nitrogens with zero attached hydrogens (tertiary/aromatic N) is 3. The van der Waals surface area contributed by atoms with Crippen LogP contribution in [0.1, 0.15) is 0 Å². The van der Waals surface area contributed by atoms with Crippen molar-refractivity contribution in [2.24, 2.45) is 0 Å². The molecule has 0 fully saturated rings. The van der Waals surface area contributed by atoms with Gasteiger partial charge >= 0.3 is 135 Å². The van der Waals surface area contributed by atoms with Crippen molar-refractivity contribution in [1.29, 1.82) is 0 Å². The molecule has 0 aliphatic heterocycles. The molecule has 1 aromatic heterocycles. The SMILES string of the molecule is C[As](C)[P+](On1nnc2ccccc21)([As](C)C)[As](C)C. The van der Waals surface area contributed by atoms with Gasteiger partial charge in [-0.25, -0.2) is 0 Å². The number of hydrogen-bond acceptors (Lipinski definition) is 3. The topological polar surface area (TPSA) is 39.9 Å². The van der Waals surface area contributed by atoms with E-state index >= 15 is 0 Å². The molecule has 0 aliphatic rings. The molecule has 1 aromatic carbocycles. The van der Waals surface area contributed by atoms with Gasteiger partial charge in [-0.2, -0.15) is 0 Å². The van der Waals surface area contributed by atoms with Gasteiger partial charge in [0.1, 0.15) is 0 Å². The Morgan fingerprint density at radius 3 is 2.05 bits per heavy atom. The van der Waals surface area contributed by atoms with Crippen molar-refractivity contribution >= 4 is 56.8 Å². The van der Waals surface area contributed by atoms with Gasteiger partial charge in [-0.1, -0.05) is 0 Å². The number of benzene rings is 1. The third-order valence-corrected chi connectivity index (χ3v) is 97.8. The molecule has 0 saturated heterocycles. The van der Waals surface area contributed by atoms with Crippen molar-refractivity contribution in [1.82, 2.24) is 15.2 Å². The van der Waals surface area contributed by atoms with Crippen molar-refractivity contribution in [3.63, 3.8) is 0 Å². The summed E-state index contributed by atoms with van der Waals surface area (Å²) in [5, 5.41) is 8.50. The van der Waals surface area contributed by atoms with Crippen LogP contribution in [0.5, 0.6) is 0 Å². The normalized spacial score (nSPS) is 12.8. The molecule has 0 bridgehead atoms. The predicted molar refractivity (Wildman–Crippen MR) is 93.5 cm³/mol. The number of hydrogen-bond donors (Lipinski definition) is 0. The van der Waals surface area contributed by atoms with Gasteiger partial charge in [-0.05, 0) is 0 Å². The van der Waals surface area contributed by atoms with Crippen molar-refractivity contribution in [2.75, 3.05) is 0 Å². The molecule has 0 radical (unpaired) electrons. The quantitative estimate of drug-likeness (QED) is 0.486. The van der Waals surface area contributed by atoms with Crippen LogP contribution in [0.4, 0.5) is 0 Å².